The second kappa shape index (κ2) is 22.2. The van der Waals surface area contributed by atoms with E-state index in [1.807, 2.05) is 19.9 Å². The molecule has 0 aromatic heterocycles. The Bertz CT molecular complexity index is 2140. The maximum Gasteiger partial charge on any atom is 0.331 e. The second-order valence-corrected chi connectivity index (χ2v) is 21.3. The zero-order valence-electron chi connectivity index (χ0n) is 43.1. The van der Waals surface area contributed by atoms with E-state index in [9.17, 15) is 43.8 Å². The maximum absolute atomic E-state index is 13.0. The largest absolute Gasteiger partial charge is 0.478 e. The molecule has 19 heteroatoms. The number of aliphatic hydroxyl groups is 1. The van der Waals surface area contributed by atoms with Gasteiger partial charge in [-0.15, -0.1) is 0 Å². The molecule has 0 spiro atoms. The van der Waals surface area contributed by atoms with E-state index in [1.165, 1.54) is 13.8 Å². The first-order chi connectivity index (χ1) is 33.2. The molecule has 71 heavy (non-hydrogen) atoms. The van der Waals surface area contributed by atoms with Gasteiger partial charge < -0.3 is 57.6 Å². The number of fused-ring (bicyclic) bond motifs is 5. The van der Waals surface area contributed by atoms with Crippen molar-refractivity contribution in [1.29, 1.82) is 0 Å². The Morgan fingerprint density at radius 3 is 1.93 bits per heavy atom. The van der Waals surface area contributed by atoms with Crippen LogP contribution >= 0.6 is 0 Å². The summed E-state index contributed by atoms with van der Waals surface area (Å²) < 4.78 is 58.7. The SMILES string of the molecule is CC(=O)OC[C@H]1OC(O[C@H]2C=C[C@@H](O[C@@H]3CC[C@@]4(C)C(CC[C@@]5(C)C4C(O)C[C@H]4/C(=C(\CCC=C(C)C)C(=O)O)[C@@H](OC(C)=O)C[C@@]45C)[C@@H]3C)O[C@@H]2OC(C)=O)[C@H](OC(C)=O)[C@@H](OC(C)=O)[C@@H]1OC(C)=O. The van der Waals surface area contributed by atoms with Crippen molar-refractivity contribution in [1.82, 2.24) is 0 Å². The minimum Gasteiger partial charge on any atom is -0.478 e. The number of aliphatic hydroxyl groups excluding tert-OH is 1. The summed E-state index contributed by atoms with van der Waals surface area (Å²) in [5, 5.41) is 23.1. The number of allylic oxidation sites excluding steroid dienone is 2. The molecule has 396 valence electrons. The zero-order valence-corrected chi connectivity index (χ0v) is 43.1. The molecule has 0 aromatic rings. The molecule has 0 radical (unpaired) electrons. The van der Waals surface area contributed by atoms with Crippen LogP contribution in [0.4, 0.5) is 0 Å². The van der Waals surface area contributed by atoms with Gasteiger partial charge in [0, 0.05) is 47.1 Å². The fourth-order valence-corrected chi connectivity index (χ4v) is 13.6. The van der Waals surface area contributed by atoms with Gasteiger partial charge in [0.05, 0.1) is 12.2 Å². The summed E-state index contributed by atoms with van der Waals surface area (Å²) in [5.74, 6) is -5.76. The van der Waals surface area contributed by atoms with Crippen molar-refractivity contribution in [2.24, 2.45) is 39.9 Å². The quantitative estimate of drug-likeness (QED) is 0.0831. The van der Waals surface area contributed by atoms with Gasteiger partial charge in [0.15, 0.2) is 30.9 Å². The molecule has 2 N–H and O–H groups in total. The lowest BCUT2D eigenvalue weighted by Crippen LogP contribution is -2.65. The topological polar surface area (TPSA) is 252 Å². The standard InChI is InChI=1S/C52H74O19/c1-25(2)14-13-15-33(47(60)61)42-35-22-36(59)46-50(10)20-19-37(26(3)34(50)18-21-51(46,11)52(35,12)23-39(42)63-28(5)54)68-41-17-16-38(48(71-41)67-32(9)58)69-49-45(66-31(8)57)44(65-30(7)56)43(64-29(6)55)40(70-49)24-62-27(4)53/h14,16-17,26,34-41,43-46,48-49,59H,13,15,18-24H2,1-12H3,(H,60,61)/b42-33-/t26-,34?,35-,36?,37+,38-,39-,40+,41-,43+,44-,45+,46?,48-,49?,50-,51-,52-/m0/s1. The van der Waals surface area contributed by atoms with Gasteiger partial charge in [-0.25, -0.2) is 4.79 Å². The maximum atomic E-state index is 13.0. The summed E-state index contributed by atoms with van der Waals surface area (Å²) in [5.41, 5.74) is 0.679. The number of rotatable bonds is 15. The minimum atomic E-state index is -1.59. The van der Waals surface area contributed by atoms with Crippen LogP contribution in [0.2, 0.25) is 0 Å². The molecule has 18 atom stereocenters. The van der Waals surface area contributed by atoms with E-state index < -0.39 is 121 Å². The molecule has 4 saturated carbocycles. The summed E-state index contributed by atoms with van der Waals surface area (Å²) in [6.45, 7) is 19.3. The number of hydrogen-bond acceptors (Lipinski definition) is 18. The monoisotopic (exact) mass is 1000 g/mol. The van der Waals surface area contributed by atoms with Crippen LogP contribution in [0.5, 0.6) is 0 Å². The molecule has 19 nitrogen and oxygen atoms in total. The van der Waals surface area contributed by atoms with Crippen molar-refractivity contribution < 1.29 is 91.1 Å². The van der Waals surface area contributed by atoms with E-state index in [4.69, 9.17) is 47.4 Å². The Labute approximate surface area is 415 Å². The molecular weight excluding hydrogens is 929 g/mol. The first-order valence-corrected chi connectivity index (χ1v) is 24.8. The van der Waals surface area contributed by atoms with Gasteiger partial charge in [-0.1, -0.05) is 39.3 Å². The van der Waals surface area contributed by atoms with E-state index in [2.05, 4.69) is 27.7 Å². The molecule has 2 aliphatic heterocycles. The molecule has 6 rings (SSSR count). The first kappa shape index (κ1) is 55.6. The van der Waals surface area contributed by atoms with Crippen LogP contribution in [0, 0.1) is 39.9 Å². The second-order valence-electron chi connectivity index (χ2n) is 21.3. The van der Waals surface area contributed by atoms with E-state index in [-0.39, 0.29) is 47.2 Å². The smallest absolute Gasteiger partial charge is 0.331 e. The van der Waals surface area contributed by atoms with E-state index >= 15 is 0 Å². The molecule has 0 amide bonds. The Hall–Kier alpha value is -4.69. The molecule has 2 heterocycles. The summed E-state index contributed by atoms with van der Waals surface area (Å²) in [7, 11) is 0. The minimum absolute atomic E-state index is 0.0339. The average molecular weight is 1000 g/mol. The van der Waals surface area contributed by atoms with Crippen molar-refractivity contribution in [2.75, 3.05) is 6.61 Å². The van der Waals surface area contributed by atoms with Crippen LogP contribution in [-0.2, 0) is 80.9 Å². The third kappa shape index (κ3) is 11.7. The van der Waals surface area contributed by atoms with Crippen molar-refractivity contribution in [3.8, 4) is 0 Å². The number of carboxylic acids is 1. The van der Waals surface area contributed by atoms with Crippen LogP contribution in [0.3, 0.4) is 0 Å². The third-order valence-corrected chi connectivity index (χ3v) is 16.4. The van der Waals surface area contributed by atoms with Crippen LogP contribution in [0.25, 0.3) is 0 Å². The predicted octanol–water partition coefficient (Wildman–Crippen LogP) is 5.96. The fraction of sp³-hybridized carbons (Fsp3) is 0.750. The van der Waals surface area contributed by atoms with E-state index in [0.717, 1.165) is 46.1 Å². The first-order valence-electron chi connectivity index (χ1n) is 24.8. The summed E-state index contributed by atoms with van der Waals surface area (Å²) in [6, 6.07) is 0. The van der Waals surface area contributed by atoms with Crippen molar-refractivity contribution in [2.45, 2.75) is 202 Å². The molecule has 4 unspecified atom stereocenters. The number of aliphatic carboxylic acids is 1. The Kier molecular flexibility index (Phi) is 17.4. The predicted molar refractivity (Wildman–Crippen MR) is 248 cm³/mol. The number of carboxylic acid groups (broad SMARTS) is 1. The lowest BCUT2D eigenvalue weighted by molar-refractivity contribution is -0.339. The Morgan fingerprint density at radius 2 is 1.34 bits per heavy atom. The fourth-order valence-electron chi connectivity index (χ4n) is 13.6. The molecule has 6 aliphatic rings. The summed E-state index contributed by atoms with van der Waals surface area (Å²) >= 11 is 0. The molecule has 5 fully saturated rings. The Balaban J connectivity index is 1.23. The summed E-state index contributed by atoms with van der Waals surface area (Å²) in [6.07, 6.45) is -3.22. The highest BCUT2D eigenvalue weighted by atomic mass is 16.8. The van der Waals surface area contributed by atoms with Crippen molar-refractivity contribution in [3.05, 3.63) is 34.9 Å². The van der Waals surface area contributed by atoms with Crippen LogP contribution < -0.4 is 0 Å². The Morgan fingerprint density at radius 1 is 0.718 bits per heavy atom. The van der Waals surface area contributed by atoms with Crippen LogP contribution in [0.1, 0.15) is 134 Å². The highest BCUT2D eigenvalue weighted by molar-refractivity contribution is 5.88. The number of esters is 6. The molecular formula is C52H74O19. The van der Waals surface area contributed by atoms with Gasteiger partial charge in [-0.2, -0.15) is 0 Å². The highest BCUT2D eigenvalue weighted by Crippen LogP contribution is 2.74. The van der Waals surface area contributed by atoms with E-state index in [1.54, 1.807) is 12.2 Å². The van der Waals surface area contributed by atoms with Gasteiger partial charge in [0.2, 0.25) is 6.29 Å². The highest BCUT2D eigenvalue weighted by Gasteiger charge is 2.71. The summed E-state index contributed by atoms with van der Waals surface area (Å²) in [4.78, 5) is 87.1. The molecule has 1 saturated heterocycles. The number of hydrogen-bond donors (Lipinski definition) is 2. The number of carbonyl (C=O) groups is 7. The van der Waals surface area contributed by atoms with E-state index in [0.29, 0.717) is 37.7 Å². The zero-order chi connectivity index (χ0) is 52.5. The molecule has 4 aliphatic carbocycles. The number of ether oxygens (including phenoxy) is 10. The lowest BCUT2D eigenvalue weighted by Gasteiger charge is -2.69. The third-order valence-electron chi connectivity index (χ3n) is 16.4. The number of carbonyl (C=O) groups excluding carboxylic acids is 6. The average Bonchev–Trinajstić information content (AvgIpc) is 3.52. The molecule has 0 bridgehead atoms. The lowest BCUT2D eigenvalue weighted by atomic mass is 9.36. The van der Waals surface area contributed by atoms with Gasteiger partial charge in [0.25, 0.3) is 0 Å². The van der Waals surface area contributed by atoms with Gasteiger partial charge in [-0.3, -0.25) is 28.8 Å². The van der Waals surface area contributed by atoms with Gasteiger partial charge >= 0.3 is 41.8 Å². The van der Waals surface area contributed by atoms with Crippen molar-refractivity contribution >= 4 is 41.8 Å². The van der Waals surface area contributed by atoms with Crippen LogP contribution in [-0.4, -0.2) is 126 Å². The van der Waals surface area contributed by atoms with Gasteiger partial charge in [0.1, 0.15) is 24.9 Å². The molecule has 0 aromatic carbocycles. The van der Waals surface area contributed by atoms with Crippen LogP contribution in [0.15, 0.2) is 34.9 Å². The normalized spacial score (nSPS) is 40.0. The van der Waals surface area contributed by atoms with Crippen molar-refractivity contribution in [3.63, 3.8) is 0 Å². The van der Waals surface area contributed by atoms with Gasteiger partial charge in [-0.05, 0) is 123 Å².